The molecule has 4 N–H and O–H groups in total. The lowest BCUT2D eigenvalue weighted by Crippen LogP contribution is -2.46. The summed E-state index contributed by atoms with van der Waals surface area (Å²) in [6, 6.07) is 0.130. The van der Waals surface area contributed by atoms with Crippen molar-refractivity contribution in [2.24, 2.45) is 0 Å². The van der Waals surface area contributed by atoms with Crippen LogP contribution in [0.5, 0.6) is 0 Å². The fourth-order valence-electron chi connectivity index (χ4n) is 1.45. The van der Waals surface area contributed by atoms with Gasteiger partial charge in [-0.3, -0.25) is 4.98 Å². The maximum Gasteiger partial charge on any atom is 0.326 e. The summed E-state index contributed by atoms with van der Waals surface area (Å²) >= 11 is 0. The molecular formula is C12H17N3O4. The minimum Gasteiger partial charge on any atom is -0.480 e. The van der Waals surface area contributed by atoms with Gasteiger partial charge in [0.15, 0.2) is 0 Å². The number of aryl methyl sites for hydroxylation is 1. The Morgan fingerprint density at radius 1 is 1.47 bits per heavy atom. The average Bonchev–Trinajstić information content (AvgIpc) is 2.37. The Hall–Kier alpha value is -2.15. The van der Waals surface area contributed by atoms with Crippen LogP contribution >= 0.6 is 0 Å². The number of urea groups is 1. The van der Waals surface area contributed by atoms with Gasteiger partial charge in [0, 0.05) is 32.0 Å². The van der Waals surface area contributed by atoms with Crippen molar-refractivity contribution in [3.05, 3.63) is 29.6 Å². The van der Waals surface area contributed by atoms with E-state index >= 15 is 0 Å². The van der Waals surface area contributed by atoms with Crippen LogP contribution in [0.3, 0.4) is 0 Å². The van der Waals surface area contributed by atoms with E-state index in [1.54, 1.807) is 12.4 Å². The van der Waals surface area contributed by atoms with Crippen molar-refractivity contribution >= 4 is 12.0 Å². The van der Waals surface area contributed by atoms with Crippen molar-refractivity contribution in [1.82, 2.24) is 15.6 Å². The van der Waals surface area contributed by atoms with Gasteiger partial charge in [-0.1, -0.05) is 0 Å². The maximum atomic E-state index is 11.5. The van der Waals surface area contributed by atoms with Crippen molar-refractivity contribution in [2.45, 2.75) is 25.9 Å². The second-order valence-corrected chi connectivity index (χ2v) is 4.03. The van der Waals surface area contributed by atoms with E-state index in [1.807, 2.05) is 13.0 Å². The number of aliphatic carboxylic acids is 1. The van der Waals surface area contributed by atoms with Gasteiger partial charge in [0.1, 0.15) is 6.04 Å². The summed E-state index contributed by atoms with van der Waals surface area (Å²) in [4.78, 5) is 26.3. The van der Waals surface area contributed by atoms with Crippen LogP contribution in [0.15, 0.2) is 18.5 Å². The molecule has 0 saturated carbocycles. The third-order valence-corrected chi connectivity index (χ3v) is 2.61. The molecule has 0 aliphatic heterocycles. The number of hydrogen-bond donors (Lipinski definition) is 4. The summed E-state index contributed by atoms with van der Waals surface area (Å²) in [6.07, 6.45) is 3.26. The van der Waals surface area contributed by atoms with E-state index in [2.05, 4.69) is 15.6 Å². The van der Waals surface area contributed by atoms with Crippen LogP contribution in [0.2, 0.25) is 0 Å². The molecule has 0 spiro atoms. The fraction of sp³-hybridized carbons (Fsp3) is 0.417. The lowest BCUT2D eigenvalue weighted by atomic mass is 10.1. The number of carboxylic acids is 1. The van der Waals surface area contributed by atoms with Gasteiger partial charge in [0.2, 0.25) is 0 Å². The SMILES string of the molecule is Cc1ccncc1CNC(=O)N[C@@H](CCO)C(=O)O. The number of aliphatic hydroxyl groups is 1. The summed E-state index contributed by atoms with van der Waals surface area (Å²) in [6.45, 7) is 1.85. The molecule has 2 amide bonds. The standard InChI is InChI=1S/C12H17N3O4/c1-8-2-4-13-6-9(8)7-14-12(19)15-10(3-5-16)11(17)18/h2,4,6,10,16H,3,5,7H2,1H3,(H,17,18)(H2,14,15,19)/t10-/m0/s1. The molecule has 0 aliphatic carbocycles. The summed E-state index contributed by atoms with van der Waals surface area (Å²) < 4.78 is 0. The zero-order chi connectivity index (χ0) is 14.3. The minimum atomic E-state index is -1.18. The van der Waals surface area contributed by atoms with Crippen molar-refractivity contribution < 1.29 is 19.8 Å². The van der Waals surface area contributed by atoms with Gasteiger partial charge < -0.3 is 20.8 Å². The highest BCUT2D eigenvalue weighted by molar-refractivity contribution is 5.82. The molecule has 0 bridgehead atoms. The van der Waals surface area contributed by atoms with Crippen LogP contribution < -0.4 is 10.6 Å². The fourth-order valence-corrected chi connectivity index (χ4v) is 1.45. The van der Waals surface area contributed by atoms with E-state index in [-0.39, 0.29) is 19.6 Å². The Morgan fingerprint density at radius 2 is 2.21 bits per heavy atom. The first kappa shape index (κ1) is 14.9. The molecule has 0 aromatic carbocycles. The molecule has 7 heteroatoms. The van der Waals surface area contributed by atoms with Crippen LogP contribution in [0, 0.1) is 6.92 Å². The van der Waals surface area contributed by atoms with Crippen LogP contribution in [-0.2, 0) is 11.3 Å². The number of carbonyl (C=O) groups is 2. The first-order chi connectivity index (χ1) is 9.04. The molecule has 1 atom stereocenters. The Bertz CT molecular complexity index is 450. The molecule has 1 rings (SSSR count). The predicted octanol–water partition coefficient (Wildman–Crippen LogP) is 0.0248. The largest absolute Gasteiger partial charge is 0.480 e. The lowest BCUT2D eigenvalue weighted by Gasteiger charge is -2.14. The molecule has 1 aromatic rings. The molecule has 0 saturated heterocycles. The molecule has 1 heterocycles. The van der Waals surface area contributed by atoms with Gasteiger partial charge in [0.05, 0.1) is 0 Å². The van der Waals surface area contributed by atoms with Crippen molar-refractivity contribution in [2.75, 3.05) is 6.61 Å². The number of pyridine rings is 1. The van der Waals surface area contributed by atoms with Gasteiger partial charge >= 0.3 is 12.0 Å². The van der Waals surface area contributed by atoms with Crippen molar-refractivity contribution in [3.63, 3.8) is 0 Å². The predicted molar refractivity (Wildman–Crippen MR) is 67.5 cm³/mol. The number of nitrogens with zero attached hydrogens (tertiary/aromatic N) is 1. The Morgan fingerprint density at radius 3 is 2.79 bits per heavy atom. The highest BCUT2D eigenvalue weighted by atomic mass is 16.4. The number of aromatic nitrogens is 1. The Labute approximate surface area is 110 Å². The third kappa shape index (κ3) is 4.92. The van der Waals surface area contributed by atoms with Crippen molar-refractivity contribution in [3.8, 4) is 0 Å². The summed E-state index contributed by atoms with van der Waals surface area (Å²) in [5.41, 5.74) is 1.84. The monoisotopic (exact) mass is 267 g/mol. The highest BCUT2D eigenvalue weighted by Crippen LogP contribution is 2.03. The number of aliphatic hydroxyl groups excluding tert-OH is 1. The van der Waals surface area contributed by atoms with Gasteiger partial charge in [-0.25, -0.2) is 9.59 Å². The number of amides is 2. The maximum absolute atomic E-state index is 11.5. The van der Waals surface area contributed by atoms with E-state index in [1.165, 1.54) is 0 Å². The smallest absolute Gasteiger partial charge is 0.326 e. The number of carboxylic acid groups (broad SMARTS) is 1. The Balaban J connectivity index is 2.47. The van der Waals surface area contributed by atoms with Crippen LogP contribution in [0.1, 0.15) is 17.5 Å². The van der Waals surface area contributed by atoms with Gasteiger partial charge in [-0.05, 0) is 24.1 Å². The van der Waals surface area contributed by atoms with Crippen LogP contribution in [0.4, 0.5) is 4.79 Å². The topological polar surface area (TPSA) is 112 Å². The second-order valence-electron chi connectivity index (χ2n) is 4.03. The molecule has 19 heavy (non-hydrogen) atoms. The van der Waals surface area contributed by atoms with Gasteiger partial charge in [-0.15, -0.1) is 0 Å². The minimum absolute atomic E-state index is 0.0331. The summed E-state index contributed by atoms with van der Waals surface area (Å²) in [7, 11) is 0. The highest BCUT2D eigenvalue weighted by Gasteiger charge is 2.18. The van der Waals surface area contributed by atoms with Crippen LogP contribution in [-0.4, -0.2) is 39.8 Å². The molecule has 0 unspecified atom stereocenters. The van der Waals surface area contributed by atoms with Gasteiger partial charge in [0.25, 0.3) is 0 Å². The van der Waals surface area contributed by atoms with E-state index in [9.17, 15) is 9.59 Å². The molecule has 7 nitrogen and oxygen atoms in total. The first-order valence-corrected chi connectivity index (χ1v) is 5.82. The molecular weight excluding hydrogens is 250 g/mol. The molecule has 1 aromatic heterocycles. The number of hydrogen-bond acceptors (Lipinski definition) is 4. The molecule has 0 radical (unpaired) electrons. The number of rotatable bonds is 6. The summed E-state index contributed by atoms with van der Waals surface area (Å²) in [5, 5.41) is 22.3. The molecule has 0 fully saturated rings. The quantitative estimate of drug-likeness (QED) is 0.581. The molecule has 104 valence electrons. The van der Waals surface area contributed by atoms with E-state index in [0.29, 0.717) is 0 Å². The summed E-state index contributed by atoms with van der Waals surface area (Å²) in [5.74, 6) is -1.18. The van der Waals surface area contributed by atoms with Gasteiger partial charge in [-0.2, -0.15) is 0 Å². The Kier molecular flexibility index (Phi) is 5.74. The molecule has 0 aliphatic rings. The third-order valence-electron chi connectivity index (χ3n) is 2.61. The zero-order valence-electron chi connectivity index (χ0n) is 10.6. The van der Waals surface area contributed by atoms with E-state index < -0.39 is 18.0 Å². The number of carbonyl (C=O) groups excluding carboxylic acids is 1. The number of nitrogens with one attached hydrogen (secondary N) is 2. The van der Waals surface area contributed by atoms with E-state index in [4.69, 9.17) is 10.2 Å². The van der Waals surface area contributed by atoms with Crippen LogP contribution in [0.25, 0.3) is 0 Å². The first-order valence-electron chi connectivity index (χ1n) is 5.82. The van der Waals surface area contributed by atoms with E-state index in [0.717, 1.165) is 11.1 Å². The zero-order valence-corrected chi connectivity index (χ0v) is 10.6. The average molecular weight is 267 g/mol. The second kappa shape index (κ2) is 7.32. The normalized spacial score (nSPS) is 11.7. The lowest BCUT2D eigenvalue weighted by molar-refractivity contribution is -0.139. The van der Waals surface area contributed by atoms with Crippen molar-refractivity contribution in [1.29, 1.82) is 0 Å².